The number of rotatable bonds is 11. The predicted molar refractivity (Wildman–Crippen MR) is 150 cm³/mol. The summed E-state index contributed by atoms with van der Waals surface area (Å²) in [5, 5.41) is 6.06. The monoisotopic (exact) mass is 558 g/mol. The standard InChI is InChI=1S/C28H35ClN4O4S/c29-25-12-11-24(38-25)28(36)30-15-23(32(16-19-3-1-4-19)17-20-5-2-6-20)27(35)31-21-7-9-22(10-8-21)33-13-14-37-18-26(33)34/h7-12,19-20,23H,1-6,13-18H2,(H,30,36)(H,31,35)/t23-/m1/s1. The van der Waals surface area contributed by atoms with Crippen LogP contribution in [0.1, 0.15) is 48.2 Å². The van der Waals surface area contributed by atoms with Crippen molar-refractivity contribution in [1.82, 2.24) is 10.2 Å². The first-order chi connectivity index (χ1) is 18.5. The van der Waals surface area contributed by atoms with Gasteiger partial charge in [-0.05, 0) is 73.9 Å². The quantitative estimate of drug-likeness (QED) is 0.426. The van der Waals surface area contributed by atoms with Crippen molar-refractivity contribution >= 4 is 52.0 Å². The van der Waals surface area contributed by atoms with E-state index in [0.717, 1.165) is 18.8 Å². The van der Waals surface area contributed by atoms with E-state index in [1.54, 1.807) is 17.0 Å². The molecule has 2 saturated carbocycles. The molecule has 0 spiro atoms. The Balaban J connectivity index is 1.29. The summed E-state index contributed by atoms with van der Waals surface area (Å²) in [4.78, 5) is 43.2. The first kappa shape index (κ1) is 27.1. The molecule has 204 valence electrons. The van der Waals surface area contributed by atoms with E-state index in [1.165, 1.54) is 49.9 Å². The predicted octanol–water partition coefficient (Wildman–Crippen LogP) is 4.40. The number of hydrogen-bond donors (Lipinski definition) is 2. The van der Waals surface area contributed by atoms with Crippen molar-refractivity contribution in [3.8, 4) is 0 Å². The maximum atomic E-state index is 13.7. The molecule has 1 aliphatic heterocycles. The number of amides is 3. The minimum atomic E-state index is -0.490. The Labute approximate surface area is 232 Å². The lowest BCUT2D eigenvalue weighted by Gasteiger charge is -2.40. The van der Waals surface area contributed by atoms with Crippen molar-refractivity contribution in [2.24, 2.45) is 11.8 Å². The van der Waals surface area contributed by atoms with Crippen molar-refractivity contribution < 1.29 is 19.1 Å². The minimum absolute atomic E-state index is 0.0708. The maximum absolute atomic E-state index is 13.7. The summed E-state index contributed by atoms with van der Waals surface area (Å²) < 4.78 is 5.78. The zero-order valence-electron chi connectivity index (χ0n) is 21.5. The maximum Gasteiger partial charge on any atom is 0.261 e. The number of thiophene rings is 1. The molecule has 3 fully saturated rings. The highest BCUT2D eigenvalue weighted by Gasteiger charge is 2.33. The van der Waals surface area contributed by atoms with E-state index in [4.69, 9.17) is 16.3 Å². The summed E-state index contributed by atoms with van der Waals surface area (Å²) in [5.41, 5.74) is 1.44. The van der Waals surface area contributed by atoms with Gasteiger partial charge in [0.25, 0.3) is 11.8 Å². The van der Waals surface area contributed by atoms with Gasteiger partial charge in [-0.1, -0.05) is 24.4 Å². The second-order valence-electron chi connectivity index (χ2n) is 10.5. The fourth-order valence-electron chi connectivity index (χ4n) is 5.18. The fraction of sp³-hybridized carbons (Fsp3) is 0.536. The molecule has 5 rings (SSSR count). The summed E-state index contributed by atoms with van der Waals surface area (Å²) in [5.74, 6) is 0.776. The van der Waals surface area contributed by atoms with Crippen LogP contribution in [0.2, 0.25) is 4.34 Å². The molecule has 2 aromatic rings. The molecule has 1 aromatic carbocycles. The number of nitrogens with one attached hydrogen (secondary N) is 2. The van der Waals surface area contributed by atoms with Crippen LogP contribution in [0.5, 0.6) is 0 Å². The number of benzene rings is 1. The lowest BCUT2D eigenvalue weighted by Crippen LogP contribution is -2.54. The highest BCUT2D eigenvalue weighted by atomic mass is 35.5. The number of morpholine rings is 1. The third-order valence-electron chi connectivity index (χ3n) is 7.86. The summed E-state index contributed by atoms with van der Waals surface area (Å²) in [6.45, 7) is 3.06. The van der Waals surface area contributed by atoms with Crippen LogP contribution in [-0.4, -0.2) is 68.1 Å². The van der Waals surface area contributed by atoms with Crippen molar-refractivity contribution in [3.63, 3.8) is 0 Å². The number of carbonyl (C=O) groups is 3. The molecule has 0 radical (unpaired) electrons. The molecule has 3 amide bonds. The van der Waals surface area contributed by atoms with Crippen LogP contribution in [0.25, 0.3) is 0 Å². The summed E-state index contributed by atoms with van der Waals surface area (Å²) in [7, 11) is 0. The van der Waals surface area contributed by atoms with Crippen LogP contribution in [0.3, 0.4) is 0 Å². The van der Waals surface area contributed by atoms with Crippen LogP contribution in [0, 0.1) is 11.8 Å². The van der Waals surface area contributed by atoms with Crippen molar-refractivity contribution in [3.05, 3.63) is 45.6 Å². The molecule has 38 heavy (non-hydrogen) atoms. The third kappa shape index (κ3) is 6.75. The number of ether oxygens (including phenoxy) is 1. The molecule has 1 atom stereocenters. The summed E-state index contributed by atoms with van der Waals surface area (Å²) >= 11 is 7.26. The SMILES string of the molecule is O=C(NC[C@H](C(=O)Nc1ccc(N2CCOCC2=O)cc1)N(CC1CCC1)CC1CCC1)c1ccc(Cl)s1. The Morgan fingerprint density at radius 3 is 2.29 bits per heavy atom. The van der Waals surface area contributed by atoms with Gasteiger partial charge in [-0.25, -0.2) is 0 Å². The molecule has 3 aliphatic rings. The average Bonchev–Trinajstić information content (AvgIpc) is 3.30. The van der Waals surface area contributed by atoms with Gasteiger partial charge in [0.15, 0.2) is 0 Å². The molecule has 8 nitrogen and oxygen atoms in total. The van der Waals surface area contributed by atoms with Crippen LogP contribution in [0.4, 0.5) is 11.4 Å². The topological polar surface area (TPSA) is 91.0 Å². The number of nitrogens with zero attached hydrogens (tertiary/aromatic N) is 2. The van der Waals surface area contributed by atoms with Gasteiger partial charge < -0.3 is 20.3 Å². The molecule has 1 saturated heterocycles. The third-order valence-corrected chi connectivity index (χ3v) is 9.09. The van der Waals surface area contributed by atoms with E-state index in [9.17, 15) is 14.4 Å². The van der Waals surface area contributed by atoms with Crippen molar-refractivity contribution in [2.75, 3.05) is 49.6 Å². The van der Waals surface area contributed by atoms with Crippen molar-refractivity contribution in [2.45, 2.75) is 44.6 Å². The first-order valence-corrected chi connectivity index (χ1v) is 14.7. The van der Waals surface area contributed by atoms with E-state index >= 15 is 0 Å². The van der Waals surface area contributed by atoms with Gasteiger partial charge in [0.1, 0.15) is 12.6 Å². The zero-order valence-corrected chi connectivity index (χ0v) is 23.1. The van der Waals surface area contributed by atoms with Gasteiger partial charge in [-0.15, -0.1) is 11.3 Å². The Hall–Kier alpha value is -2.46. The Morgan fingerprint density at radius 1 is 1.05 bits per heavy atom. The normalized spacial score (nSPS) is 19.1. The number of halogens is 1. The van der Waals surface area contributed by atoms with Crippen molar-refractivity contribution in [1.29, 1.82) is 0 Å². The zero-order chi connectivity index (χ0) is 26.5. The lowest BCUT2D eigenvalue weighted by molar-refractivity contribution is -0.125. The molecule has 0 bridgehead atoms. The van der Waals surface area contributed by atoms with Gasteiger partial charge in [-0.3, -0.25) is 19.3 Å². The fourth-order valence-corrected chi connectivity index (χ4v) is 6.14. The van der Waals surface area contributed by atoms with E-state index in [0.29, 0.717) is 39.9 Å². The highest BCUT2D eigenvalue weighted by molar-refractivity contribution is 7.18. The molecular formula is C28H35ClN4O4S. The van der Waals surface area contributed by atoms with Gasteiger partial charge >= 0.3 is 0 Å². The Bertz CT molecular complexity index is 1120. The molecule has 2 N–H and O–H groups in total. The average molecular weight is 559 g/mol. The van der Waals surface area contributed by atoms with Gasteiger partial charge in [0.2, 0.25) is 5.91 Å². The molecular weight excluding hydrogens is 524 g/mol. The minimum Gasteiger partial charge on any atom is -0.370 e. The molecule has 10 heteroatoms. The molecule has 1 aromatic heterocycles. The van der Waals surface area contributed by atoms with E-state index < -0.39 is 6.04 Å². The van der Waals surface area contributed by atoms with Gasteiger partial charge in [-0.2, -0.15) is 0 Å². The second kappa shape index (κ2) is 12.6. The van der Waals surface area contributed by atoms with Gasteiger partial charge in [0.05, 0.1) is 15.8 Å². The smallest absolute Gasteiger partial charge is 0.261 e. The second-order valence-corrected chi connectivity index (χ2v) is 12.2. The van der Waals surface area contributed by atoms with Crippen LogP contribution >= 0.6 is 22.9 Å². The first-order valence-electron chi connectivity index (χ1n) is 13.5. The number of anilines is 2. The number of hydrogen-bond acceptors (Lipinski definition) is 6. The summed E-state index contributed by atoms with van der Waals surface area (Å²) in [6, 6.07) is 10.3. The highest BCUT2D eigenvalue weighted by Crippen LogP contribution is 2.32. The summed E-state index contributed by atoms with van der Waals surface area (Å²) in [6.07, 6.45) is 7.25. The molecule has 2 heterocycles. The van der Waals surface area contributed by atoms with E-state index in [-0.39, 0.29) is 30.9 Å². The molecule has 0 unspecified atom stereocenters. The van der Waals surface area contributed by atoms with E-state index in [2.05, 4.69) is 15.5 Å². The lowest BCUT2D eigenvalue weighted by atomic mass is 9.82. The van der Waals surface area contributed by atoms with Gasteiger partial charge in [0, 0.05) is 37.6 Å². The number of carbonyl (C=O) groups excluding carboxylic acids is 3. The molecule has 2 aliphatic carbocycles. The van der Waals surface area contributed by atoms with Crippen LogP contribution < -0.4 is 15.5 Å². The van der Waals surface area contributed by atoms with E-state index in [1.807, 2.05) is 24.3 Å². The Kier molecular flexibility index (Phi) is 8.99. The largest absolute Gasteiger partial charge is 0.370 e. The Morgan fingerprint density at radius 2 is 1.74 bits per heavy atom. The van der Waals surface area contributed by atoms with Crippen LogP contribution in [0.15, 0.2) is 36.4 Å². The van der Waals surface area contributed by atoms with Crippen LogP contribution in [-0.2, 0) is 14.3 Å².